The number of nitrogens with zero attached hydrogens (tertiary/aromatic N) is 1. The van der Waals surface area contributed by atoms with Gasteiger partial charge >= 0.3 is 6.09 Å². The molecule has 0 rings (SSSR count). The van der Waals surface area contributed by atoms with E-state index in [4.69, 9.17) is 10.9 Å². The molecule has 0 aromatic carbocycles. The Hall–Kier alpha value is -0.0700. The third kappa shape index (κ3) is 2.83. The van der Waals surface area contributed by atoms with Crippen LogP contribution in [0.3, 0.4) is 0 Å². The van der Waals surface area contributed by atoms with Crippen LogP contribution in [-0.4, -0.2) is 20.4 Å². The van der Waals surface area contributed by atoms with E-state index in [-0.39, 0.29) is 0 Å². The molecule has 0 fully saturated rings. The van der Waals surface area contributed by atoms with E-state index in [1.807, 2.05) is 0 Å². The van der Waals surface area contributed by atoms with E-state index in [1.165, 1.54) is 6.92 Å². The van der Waals surface area contributed by atoms with Crippen molar-refractivity contribution in [1.29, 1.82) is 0 Å². The Morgan fingerprint density at radius 1 is 1.78 bits per heavy atom. The molecular weight excluding hydrogens is 160 g/mol. The fourth-order valence-electron chi connectivity index (χ4n) is 0.181. The second-order valence-corrected chi connectivity index (χ2v) is 3.72. The van der Waals surface area contributed by atoms with Gasteiger partial charge in [0, 0.05) is 0 Å². The van der Waals surface area contributed by atoms with Crippen LogP contribution in [0, 0.1) is 0 Å². The maximum absolute atomic E-state index is 10.0. The van der Waals surface area contributed by atoms with Gasteiger partial charge in [0.15, 0.2) is 0 Å². The van der Waals surface area contributed by atoms with Gasteiger partial charge in [-0.15, -0.1) is 25.3 Å². The molecule has 0 aromatic rings. The summed E-state index contributed by atoms with van der Waals surface area (Å²) >= 11 is 7.55. The summed E-state index contributed by atoms with van der Waals surface area (Å²) < 4.78 is -1.12. The number of thiol groups is 2. The van der Waals surface area contributed by atoms with Crippen molar-refractivity contribution in [1.82, 2.24) is 5.01 Å². The van der Waals surface area contributed by atoms with Gasteiger partial charge in [0.25, 0.3) is 0 Å². The standard InChI is InChI=1S/C3H8N2O2S2/c1-3(8,9)5(4)2(6)7/h8-9H,4H2,1H3,(H,6,7). The molecule has 0 heterocycles. The van der Waals surface area contributed by atoms with Crippen LogP contribution in [0.15, 0.2) is 0 Å². The number of carbonyl (C=O) groups is 1. The molecule has 0 bridgehead atoms. The first-order valence-electron chi connectivity index (χ1n) is 2.08. The molecule has 0 saturated heterocycles. The molecule has 0 saturated carbocycles. The first-order chi connectivity index (χ1) is 3.85. The molecule has 0 aromatic heterocycles. The Morgan fingerprint density at radius 3 is 2.11 bits per heavy atom. The molecule has 54 valence electrons. The van der Waals surface area contributed by atoms with Gasteiger partial charge in [0.1, 0.15) is 4.20 Å². The van der Waals surface area contributed by atoms with Crippen LogP contribution in [0.5, 0.6) is 0 Å². The zero-order valence-corrected chi connectivity index (χ0v) is 6.56. The number of carboxylic acid groups (broad SMARTS) is 1. The maximum atomic E-state index is 10.0. The fraction of sp³-hybridized carbons (Fsp3) is 0.667. The first kappa shape index (κ1) is 8.93. The minimum absolute atomic E-state index is 0.499. The quantitative estimate of drug-likeness (QED) is 0.150. The predicted octanol–water partition coefficient (Wildman–Crippen LogP) is 0.373. The summed E-state index contributed by atoms with van der Waals surface area (Å²) in [4.78, 5) is 10.0. The summed E-state index contributed by atoms with van der Waals surface area (Å²) in [6.45, 7) is 1.45. The zero-order chi connectivity index (χ0) is 7.65. The van der Waals surface area contributed by atoms with Crippen molar-refractivity contribution < 1.29 is 9.90 Å². The Bertz CT molecular complexity index is 121. The number of amides is 1. The summed E-state index contributed by atoms with van der Waals surface area (Å²) in [6, 6.07) is 0. The number of rotatable bonds is 1. The van der Waals surface area contributed by atoms with E-state index in [0.29, 0.717) is 5.01 Å². The van der Waals surface area contributed by atoms with Crippen LogP contribution in [0.25, 0.3) is 0 Å². The lowest BCUT2D eigenvalue weighted by atomic mass is 10.7. The van der Waals surface area contributed by atoms with Crippen LogP contribution in [0.2, 0.25) is 0 Å². The SMILES string of the molecule is CC(S)(S)N(N)C(=O)O. The fourth-order valence-corrected chi connectivity index (χ4v) is 0.352. The normalized spacial score (nSPS) is 11.1. The summed E-state index contributed by atoms with van der Waals surface area (Å²) in [5, 5.41) is 8.72. The van der Waals surface area contributed by atoms with Gasteiger partial charge in [-0.1, -0.05) is 0 Å². The van der Waals surface area contributed by atoms with Crippen molar-refractivity contribution in [2.24, 2.45) is 5.84 Å². The Labute approximate surface area is 63.8 Å². The van der Waals surface area contributed by atoms with Crippen LogP contribution >= 0.6 is 25.3 Å². The molecule has 0 unspecified atom stereocenters. The highest BCUT2D eigenvalue weighted by molar-refractivity contribution is 8.00. The Balaban J connectivity index is 4.04. The molecule has 3 N–H and O–H groups in total. The van der Waals surface area contributed by atoms with Gasteiger partial charge in [0.2, 0.25) is 0 Å². The number of nitrogens with two attached hydrogens (primary N) is 1. The largest absolute Gasteiger partial charge is 0.464 e. The van der Waals surface area contributed by atoms with Gasteiger partial charge in [-0.3, -0.25) is 0 Å². The van der Waals surface area contributed by atoms with Crippen molar-refractivity contribution >= 4 is 31.4 Å². The highest BCUT2D eigenvalue weighted by atomic mass is 32.2. The molecular formula is C3H8N2O2S2. The van der Waals surface area contributed by atoms with Crippen molar-refractivity contribution in [3.05, 3.63) is 0 Å². The number of hydrogen-bond acceptors (Lipinski definition) is 4. The molecule has 0 aliphatic rings. The molecule has 0 spiro atoms. The van der Waals surface area contributed by atoms with E-state index < -0.39 is 10.3 Å². The second kappa shape index (κ2) is 2.68. The lowest BCUT2D eigenvalue weighted by Crippen LogP contribution is -2.46. The zero-order valence-electron chi connectivity index (χ0n) is 4.77. The molecule has 0 radical (unpaired) electrons. The Kier molecular flexibility index (Phi) is 2.66. The monoisotopic (exact) mass is 168 g/mol. The molecule has 4 nitrogen and oxygen atoms in total. The van der Waals surface area contributed by atoms with Crippen LogP contribution in [-0.2, 0) is 0 Å². The van der Waals surface area contributed by atoms with Crippen molar-refractivity contribution in [3.63, 3.8) is 0 Å². The molecule has 0 aliphatic carbocycles. The lowest BCUT2D eigenvalue weighted by Gasteiger charge is -2.25. The third-order valence-electron chi connectivity index (χ3n) is 0.662. The molecule has 9 heavy (non-hydrogen) atoms. The van der Waals surface area contributed by atoms with Crippen molar-refractivity contribution in [2.75, 3.05) is 0 Å². The first-order valence-corrected chi connectivity index (χ1v) is 2.97. The Morgan fingerprint density at radius 2 is 2.11 bits per heavy atom. The number of hydrogen-bond donors (Lipinski definition) is 4. The summed E-state index contributed by atoms with van der Waals surface area (Å²) in [5.74, 6) is 4.97. The minimum atomic E-state index is -1.26. The van der Waals surface area contributed by atoms with E-state index in [9.17, 15) is 4.79 Å². The van der Waals surface area contributed by atoms with Crippen LogP contribution in [0.4, 0.5) is 4.79 Å². The van der Waals surface area contributed by atoms with Gasteiger partial charge in [-0.25, -0.2) is 15.6 Å². The third-order valence-corrected chi connectivity index (χ3v) is 1.09. The highest BCUT2D eigenvalue weighted by Crippen LogP contribution is 2.19. The summed E-state index contributed by atoms with van der Waals surface area (Å²) in [5.41, 5.74) is 0. The smallest absolute Gasteiger partial charge is 0.423 e. The van der Waals surface area contributed by atoms with E-state index in [0.717, 1.165) is 0 Å². The molecule has 6 heteroatoms. The van der Waals surface area contributed by atoms with E-state index in [2.05, 4.69) is 25.3 Å². The molecule has 0 atom stereocenters. The van der Waals surface area contributed by atoms with Crippen molar-refractivity contribution in [2.45, 2.75) is 11.1 Å². The van der Waals surface area contributed by atoms with Gasteiger partial charge in [0.05, 0.1) is 0 Å². The summed E-state index contributed by atoms with van der Waals surface area (Å²) in [7, 11) is 0. The topological polar surface area (TPSA) is 66.6 Å². The molecule has 0 aliphatic heterocycles. The highest BCUT2D eigenvalue weighted by Gasteiger charge is 2.24. The lowest BCUT2D eigenvalue weighted by molar-refractivity contribution is 0.139. The van der Waals surface area contributed by atoms with Gasteiger partial charge in [-0.05, 0) is 6.92 Å². The minimum Gasteiger partial charge on any atom is -0.464 e. The predicted molar refractivity (Wildman–Crippen MR) is 40.4 cm³/mol. The van der Waals surface area contributed by atoms with Gasteiger partial charge in [-0.2, -0.15) is 0 Å². The van der Waals surface area contributed by atoms with Gasteiger partial charge < -0.3 is 5.11 Å². The summed E-state index contributed by atoms with van der Waals surface area (Å²) in [6.07, 6.45) is -1.26. The maximum Gasteiger partial charge on any atom is 0.423 e. The van der Waals surface area contributed by atoms with Crippen LogP contribution in [0.1, 0.15) is 6.92 Å². The number of hydrazine groups is 1. The average molecular weight is 168 g/mol. The van der Waals surface area contributed by atoms with Crippen molar-refractivity contribution in [3.8, 4) is 0 Å². The molecule has 1 amide bonds. The van der Waals surface area contributed by atoms with E-state index >= 15 is 0 Å². The van der Waals surface area contributed by atoms with Crippen LogP contribution < -0.4 is 5.84 Å². The second-order valence-electron chi connectivity index (χ2n) is 1.62. The van der Waals surface area contributed by atoms with E-state index in [1.54, 1.807) is 0 Å². The average Bonchev–Trinajstić information content (AvgIpc) is 1.62.